The van der Waals surface area contributed by atoms with E-state index in [-0.39, 0.29) is 0 Å². The molecule has 4 heteroatoms. The van der Waals surface area contributed by atoms with Crippen molar-refractivity contribution in [1.82, 2.24) is 9.88 Å². The summed E-state index contributed by atoms with van der Waals surface area (Å²) < 4.78 is 5.85. The molecule has 25 heavy (non-hydrogen) atoms. The van der Waals surface area contributed by atoms with Crippen molar-refractivity contribution >= 4 is 0 Å². The minimum absolute atomic E-state index is 0.484. The molecule has 0 aliphatic carbocycles. The van der Waals surface area contributed by atoms with Crippen LogP contribution in [0.15, 0.2) is 28.7 Å². The number of nitrogens with zero attached hydrogens (tertiary/aromatic N) is 2. The molecule has 3 rings (SSSR count). The molecule has 1 fully saturated rings. The molecular weight excluding hydrogens is 312 g/mol. The van der Waals surface area contributed by atoms with Crippen LogP contribution in [0.5, 0.6) is 0 Å². The van der Waals surface area contributed by atoms with Crippen molar-refractivity contribution in [3.63, 3.8) is 0 Å². The van der Waals surface area contributed by atoms with Crippen LogP contribution in [0.2, 0.25) is 0 Å². The van der Waals surface area contributed by atoms with E-state index in [1.54, 1.807) is 0 Å². The van der Waals surface area contributed by atoms with Crippen molar-refractivity contribution in [3.8, 4) is 11.5 Å². The summed E-state index contributed by atoms with van der Waals surface area (Å²) in [5.74, 6) is 2.95. The molecule has 4 nitrogen and oxygen atoms in total. The van der Waals surface area contributed by atoms with Crippen LogP contribution in [-0.4, -0.2) is 34.3 Å². The summed E-state index contributed by atoms with van der Waals surface area (Å²) in [7, 11) is 0. The van der Waals surface area contributed by atoms with E-state index in [4.69, 9.17) is 4.42 Å². The minimum atomic E-state index is -0.484. The van der Waals surface area contributed by atoms with Crippen LogP contribution in [0, 0.1) is 25.7 Å². The topological polar surface area (TPSA) is 49.5 Å². The quantitative estimate of drug-likeness (QED) is 0.885. The van der Waals surface area contributed by atoms with Crippen LogP contribution in [0.3, 0.4) is 0 Å². The third-order valence-corrected chi connectivity index (χ3v) is 5.47. The Hall–Kier alpha value is -1.65. The molecule has 0 amide bonds. The van der Waals surface area contributed by atoms with Gasteiger partial charge in [-0.2, -0.15) is 0 Å². The first-order valence-electron chi connectivity index (χ1n) is 9.39. The Bertz CT molecular complexity index is 700. The second-order valence-corrected chi connectivity index (χ2v) is 7.69. The van der Waals surface area contributed by atoms with Gasteiger partial charge < -0.3 is 9.52 Å². The van der Waals surface area contributed by atoms with Crippen LogP contribution in [0.4, 0.5) is 0 Å². The monoisotopic (exact) mass is 342 g/mol. The molecule has 1 aliphatic heterocycles. The van der Waals surface area contributed by atoms with Gasteiger partial charge in [0.25, 0.3) is 0 Å². The van der Waals surface area contributed by atoms with E-state index in [9.17, 15) is 5.11 Å². The van der Waals surface area contributed by atoms with Gasteiger partial charge in [0.1, 0.15) is 12.0 Å². The summed E-state index contributed by atoms with van der Waals surface area (Å²) in [5.41, 5.74) is 3.03. The summed E-state index contributed by atoms with van der Waals surface area (Å²) in [6.45, 7) is 10.5. The SMILES string of the molecule is Cc1cccc(-c2nc(CC(O)N3CCC(C(C)C)CC3)c(C)o2)c1. The minimum Gasteiger partial charge on any atom is -0.441 e. The van der Waals surface area contributed by atoms with Gasteiger partial charge in [-0.1, -0.05) is 31.5 Å². The van der Waals surface area contributed by atoms with Crippen molar-refractivity contribution in [2.75, 3.05) is 13.1 Å². The number of aliphatic hydroxyl groups is 1. The fourth-order valence-electron chi connectivity index (χ4n) is 3.71. The number of likely N-dealkylation sites (tertiary alicyclic amines) is 1. The van der Waals surface area contributed by atoms with Gasteiger partial charge in [-0.3, -0.25) is 4.90 Å². The van der Waals surface area contributed by atoms with E-state index in [2.05, 4.69) is 42.8 Å². The summed E-state index contributed by atoms with van der Waals surface area (Å²) >= 11 is 0. The Morgan fingerprint density at radius 1 is 1.24 bits per heavy atom. The lowest BCUT2D eigenvalue weighted by atomic mass is 9.86. The van der Waals surface area contributed by atoms with E-state index in [1.165, 1.54) is 18.4 Å². The molecule has 2 heterocycles. The Balaban J connectivity index is 1.65. The van der Waals surface area contributed by atoms with Crippen LogP contribution >= 0.6 is 0 Å². The molecule has 1 aliphatic rings. The van der Waals surface area contributed by atoms with Crippen LogP contribution < -0.4 is 0 Å². The summed E-state index contributed by atoms with van der Waals surface area (Å²) in [5, 5.41) is 10.6. The number of aryl methyl sites for hydroxylation is 2. The third kappa shape index (κ3) is 4.31. The smallest absolute Gasteiger partial charge is 0.226 e. The highest BCUT2D eigenvalue weighted by Crippen LogP contribution is 2.27. The first-order valence-corrected chi connectivity index (χ1v) is 9.39. The maximum Gasteiger partial charge on any atom is 0.226 e. The molecule has 1 N–H and O–H groups in total. The number of hydrogen-bond donors (Lipinski definition) is 1. The Kier molecular flexibility index (Phi) is 5.60. The zero-order chi connectivity index (χ0) is 18.0. The summed E-state index contributed by atoms with van der Waals surface area (Å²) in [6.07, 6.45) is 2.37. The van der Waals surface area contributed by atoms with E-state index < -0.39 is 6.23 Å². The molecule has 1 aromatic carbocycles. The van der Waals surface area contributed by atoms with Crippen molar-refractivity contribution in [2.24, 2.45) is 11.8 Å². The Morgan fingerprint density at radius 2 is 1.96 bits per heavy atom. The Morgan fingerprint density at radius 3 is 2.60 bits per heavy atom. The van der Waals surface area contributed by atoms with Gasteiger partial charge in [-0.25, -0.2) is 4.98 Å². The first kappa shape index (κ1) is 18.2. The standard InChI is InChI=1S/C21H30N2O2/c1-14(2)17-8-10-23(11-9-17)20(24)13-19-16(4)25-21(22-19)18-7-5-6-15(3)12-18/h5-7,12,14,17,20,24H,8-11,13H2,1-4H3. The molecule has 0 radical (unpaired) electrons. The molecule has 1 unspecified atom stereocenters. The number of aliphatic hydroxyl groups excluding tert-OH is 1. The average Bonchev–Trinajstić information content (AvgIpc) is 2.96. The second-order valence-electron chi connectivity index (χ2n) is 7.69. The number of hydrogen-bond acceptors (Lipinski definition) is 4. The molecule has 1 saturated heterocycles. The second kappa shape index (κ2) is 7.71. The number of rotatable bonds is 5. The van der Waals surface area contributed by atoms with Gasteiger partial charge in [-0.05, 0) is 50.7 Å². The lowest BCUT2D eigenvalue weighted by Crippen LogP contribution is -2.43. The maximum atomic E-state index is 10.6. The molecule has 1 aromatic heterocycles. The van der Waals surface area contributed by atoms with Gasteiger partial charge >= 0.3 is 0 Å². The van der Waals surface area contributed by atoms with Gasteiger partial charge in [0.05, 0.1) is 5.69 Å². The fraction of sp³-hybridized carbons (Fsp3) is 0.571. The molecule has 2 aromatic rings. The van der Waals surface area contributed by atoms with E-state index in [1.807, 2.05) is 19.1 Å². The van der Waals surface area contributed by atoms with E-state index in [0.29, 0.717) is 12.3 Å². The van der Waals surface area contributed by atoms with Crippen LogP contribution in [0.25, 0.3) is 11.5 Å². The number of oxazole rings is 1. The molecule has 0 bridgehead atoms. The van der Waals surface area contributed by atoms with Crippen LogP contribution in [0.1, 0.15) is 43.7 Å². The van der Waals surface area contributed by atoms with Crippen molar-refractivity contribution in [3.05, 3.63) is 41.3 Å². The number of aromatic nitrogens is 1. The van der Waals surface area contributed by atoms with Gasteiger partial charge in [-0.15, -0.1) is 0 Å². The highest BCUT2D eigenvalue weighted by molar-refractivity contribution is 5.54. The largest absolute Gasteiger partial charge is 0.441 e. The molecule has 1 atom stereocenters. The zero-order valence-corrected chi connectivity index (χ0v) is 15.8. The van der Waals surface area contributed by atoms with E-state index in [0.717, 1.165) is 41.9 Å². The predicted octanol–water partition coefficient (Wildman–Crippen LogP) is 4.19. The van der Waals surface area contributed by atoms with Crippen molar-refractivity contribution in [2.45, 2.75) is 53.2 Å². The normalized spacial score (nSPS) is 18.0. The maximum absolute atomic E-state index is 10.6. The number of piperidine rings is 1. The third-order valence-electron chi connectivity index (χ3n) is 5.47. The van der Waals surface area contributed by atoms with Gasteiger partial charge in [0.2, 0.25) is 5.89 Å². The van der Waals surface area contributed by atoms with Gasteiger partial charge in [0, 0.05) is 25.1 Å². The molecule has 136 valence electrons. The molecular formula is C21H30N2O2. The van der Waals surface area contributed by atoms with Crippen molar-refractivity contribution in [1.29, 1.82) is 0 Å². The van der Waals surface area contributed by atoms with Crippen LogP contribution in [-0.2, 0) is 6.42 Å². The fourth-order valence-corrected chi connectivity index (χ4v) is 3.71. The molecule has 0 saturated carbocycles. The zero-order valence-electron chi connectivity index (χ0n) is 15.8. The van der Waals surface area contributed by atoms with Gasteiger partial charge in [0.15, 0.2) is 0 Å². The Labute approximate surface area is 150 Å². The first-order chi connectivity index (χ1) is 11.9. The highest BCUT2D eigenvalue weighted by atomic mass is 16.4. The highest BCUT2D eigenvalue weighted by Gasteiger charge is 2.26. The molecule has 0 spiro atoms. The van der Waals surface area contributed by atoms with E-state index >= 15 is 0 Å². The number of benzene rings is 1. The summed E-state index contributed by atoms with van der Waals surface area (Å²) in [6, 6.07) is 8.15. The summed E-state index contributed by atoms with van der Waals surface area (Å²) in [4.78, 5) is 6.83. The average molecular weight is 342 g/mol. The van der Waals surface area contributed by atoms with Crippen molar-refractivity contribution < 1.29 is 9.52 Å². The lowest BCUT2D eigenvalue weighted by Gasteiger charge is -2.36. The lowest BCUT2D eigenvalue weighted by molar-refractivity contribution is -0.0207. The predicted molar refractivity (Wildman–Crippen MR) is 100 cm³/mol.